The van der Waals surface area contributed by atoms with Crippen LogP contribution in [-0.2, 0) is 7.05 Å². The second-order valence-corrected chi connectivity index (χ2v) is 4.43. The number of nitrogens with one attached hydrogen (secondary N) is 2. The van der Waals surface area contributed by atoms with E-state index < -0.39 is 0 Å². The Morgan fingerprint density at radius 3 is 2.95 bits per heavy atom. The number of carbonyl (C=O) groups is 1. The maximum atomic E-state index is 12.3. The normalized spacial score (nSPS) is 11.9. The van der Waals surface area contributed by atoms with Crippen molar-refractivity contribution in [2.45, 2.75) is 19.9 Å². The van der Waals surface area contributed by atoms with Crippen molar-refractivity contribution in [1.29, 1.82) is 0 Å². The maximum Gasteiger partial charge on any atom is 0.255 e. The highest BCUT2D eigenvalue weighted by Crippen LogP contribution is 2.14. The second-order valence-electron chi connectivity index (χ2n) is 4.43. The molecular formula is C13H18N6O. The Balaban J connectivity index is 2.14. The van der Waals surface area contributed by atoms with Crippen LogP contribution in [0.2, 0.25) is 0 Å². The molecule has 0 saturated carbocycles. The van der Waals surface area contributed by atoms with Crippen LogP contribution in [0.15, 0.2) is 24.7 Å². The summed E-state index contributed by atoms with van der Waals surface area (Å²) in [4.78, 5) is 16.5. The maximum absolute atomic E-state index is 12.3. The van der Waals surface area contributed by atoms with Crippen LogP contribution >= 0.6 is 0 Å². The largest absolute Gasteiger partial charge is 0.370 e. The summed E-state index contributed by atoms with van der Waals surface area (Å²) in [7, 11) is 1.84. The van der Waals surface area contributed by atoms with Gasteiger partial charge < -0.3 is 15.2 Å². The van der Waals surface area contributed by atoms with Gasteiger partial charge in [0.15, 0.2) is 5.82 Å². The van der Waals surface area contributed by atoms with Crippen LogP contribution < -0.4 is 10.6 Å². The summed E-state index contributed by atoms with van der Waals surface area (Å²) in [6, 6.07) is 3.25. The number of nitrogens with zero attached hydrogens (tertiary/aromatic N) is 4. The Bertz CT molecular complexity index is 594. The Hall–Kier alpha value is -2.44. The highest BCUT2D eigenvalue weighted by molar-refractivity contribution is 5.98. The smallest absolute Gasteiger partial charge is 0.255 e. The topological polar surface area (TPSA) is 84.7 Å². The molecule has 0 radical (unpaired) electrons. The number of carbonyl (C=O) groups excluding carboxylic acids is 1. The van der Waals surface area contributed by atoms with Crippen molar-refractivity contribution in [2.24, 2.45) is 7.05 Å². The highest BCUT2D eigenvalue weighted by Gasteiger charge is 2.17. The van der Waals surface area contributed by atoms with Gasteiger partial charge in [-0.3, -0.25) is 4.79 Å². The number of hydrogen-bond donors (Lipinski definition) is 2. The Kier molecular flexibility index (Phi) is 4.29. The van der Waals surface area contributed by atoms with Crippen molar-refractivity contribution in [2.75, 3.05) is 11.9 Å². The zero-order chi connectivity index (χ0) is 14.5. The molecule has 0 aromatic carbocycles. The number of hydrogen-bond acceptors (Lipinski definition) is 5. The lowest BCUT2D eigenvalue weighted by atomic mass is 10.2. The molecule has 0 bridgehead atoms. The third-order valence-corrected chi connectivity index (χ3v) is 2.88. The monoisotopic (exact) mass is 274 g/mol. The first-order valence-electron chi connectivity index (χ1n) is 6.47. The van der Waals surface area contributed by atoms with Crippen molar-refractivity contribution in [3.8, 4) is 0 Å². The fourth-order valence-electron chi connectivity index (χ4n) is 1.92. The van der Waals surface area contributed by atoms with E-state index >= 15 is 0 Å². The van der Waals surface area contributed by atoms with E-state index in [1.807, 2.05) is 20.9 Å². The van der Waals surface area contributed by atoms with E-state index in [4.69, 9.17) is 0 Å². The summed E-state index contributed by atoms with van der Waals surface area (Å²) in [5, 5.41) is 13.8. The molecule has 1 amide bonds. The van der Waals surface area contributed by atoms with Gasteiger partial charge in [-0.2, -0.15) is 0 Å². The first-order valence-corrected chi connectivity index (χ1v) is 6.47. The van der Waals surface area contributed by atoms with Crippen molar-refractivity contribution in [3.05, 3.63) is 36.0 Å². The van der Waals surface area contributed by atoms with Gasteiger partial charge in [0.25, 0.3) is 5.91 Å². The summed E-state index contributed by atoms with van der Waals surface area (Å²) in [5.41, 5.74) is 0.517. The van der Waals surface area contributed by atoms with Crippen LogP contribution in [0, 0.1) is 0 Å². The lowest BCUT2D eigenvalue weighted by molar-refractivity contribution is 0.0938. The van der Waals surface area contributed by atoms with E-state index in [2.05, 4.69) is 25.8 Å². The molecule has 2 N–H and O–H groups in total. The summed E-state index contributed by atoms with van der Waals surface area (Å²) in [6.07, 6.45) is 3.26. The average Bonchev–Trinajstić information content (AvgIpc) is 2.86. The van der Waals surface area contributed by atoms with Crippen LogP contribution in [0.25, 0.3) is 0 Å². The van der Waals surface area contributed by atoms with Crippen LogP contribution in [0.5, 0.6) is 0 Å². The first kappa shape index (κ1) is 14.0. The first-order chi connectivity index (χ1) is 9.63. The Labute approximate surface area is 117 Å². The summed E-state index contributed by atoms with van der Waals surface area (Å²) in [6.45, 7) is 4.53. The van der Waals surface area contributed by atoms with Crippen molar-refractivity contribution >= 4 is 11.7 Å². The lowest BCUT2D eigenvalue weighted by Crippen LogP contribution is -2.29. The number of aryl methyl sites for hydroxylation is 1. The van der Waals surface area contributed by atoms with Gasteiger partial charge >= 0.3 is 0 Å². The molecule has 0 spiro atoms. The summed E-state index contributed by atoms with van der Waals surface area (Å²) >= 11 is 0. The molecule has 0 aliphatic rings. The zero-order valence-electron chi connectivity index (χ0n) is 11.8. The molecule has 2 rings (SSSR count). The number of aromatic nitrogens is 4. The molecule has 1 atom stereocenters. The molecule has 1 unspecified atom stereocenters. The van der Waals surface area contributed by atoms with Gasteiger partial charge in [-0.15, -0.1) is 10.2 Å². The number of anilines is 1. The van der Waals surface area contributed by atoms with E-state index in [0.717, 1.165) is 0 Å². The second kappa shape index (κ2) is 6.14. The quantitative estimate of drug-likeness (QED) is 0.854. The number of pyridine rings is 1. The van der Waals surface area contributed by atoms with Gasteiger partial charge in [0, 0.05) is 19.8 Å². The minimum atomic E-state index is -0.232. The fraction of sp³-hybridized carbons (Fsp3) is 0.385. The Morgan fingerprint density at radius 1 is 1.50 bits per heavy atom. The van der Waals surface area contributed by atoms with E-state index in [-0.39, 0.29) is 11.9 Å². The van der Waals surface area contributed by atoms with Crippen molar-refractivity contribution < 1.29 is 4.79 Å². The minimum Gasteiger partial charge on any atom is -0.370 e. The average molecular weight is 274 g/mol. The van der Waals surface area contributed by atoms with E-state index in [9.17, 15) is 4.79 Å². The minimum absolute atomic E-state index is 0.190. The van der Waals surface area contributed by atoms with Gasteiger partial charge in [0.2, 0.25) is 0 Å². The molecule has 0 saturated heterocycles. The predicted molar refractivity (Wildman–Crippen MR) is 75.3 cm³/mol. The molecular weight excluding hydrogens is 256 g/mol. The molecule has 0 aliphatic heterocycles. The van der Waals surface area contributed by atoms with Gasteiger partial charge in [-0.1, -0.05) is 0 Å². The molecule has 7 heteroatoms. The van der Waals surface area contributed by atoms with Gasteiger partial charge in [-0.25, -0.2) is 4.98 Å². The van der Waals surface area contributed by atoms with Crippen LogP contribution in [-0.4, -0.2) is 32.2 Å². The number of rotatable bonds is 5. The van der Waals surface area contributed by atoms with Crippen LogP contribution in [0.4, 0.5) is 5.82 Å². The van der Waals surface area contributed by atoms with Gasteiger partial charge in [0.1, 0.15) is 12.1 Å². The third kappa shape index (κ3) is 2.93. The molecule has 2 aromatic rings. The van der Waals surface area contributed by atoms with Crippen molar-refractivity contribution in [3.63, 3.8) is 0 Å². The molecule has 7 nitrogen and oxygen atoms in total. The highest BCUT2D eigenvalue weighted by atomic mass is 16.1. The van der Waals surface area contributed by atoms with Crippen LogP contribution in [0.1, 0.15) is 36.1 Å². The SMILES string of the molecule is CCNc1ncccc1C(=O)NC(C)c1nncn1C. The van der Waals surface area contributed by atoms with E-state index in [1.165, 1.54) is 0 Å². The summed E-state index contributed by atoms with van der Waals surface area (Å²) in [5.74, 6) is 1.09. The number of amides is 1. The molecule has 0 aliphatic carbocycles. The molecule has 2 aromatic heterocycles. The molecule has 106 valence electrons. The molecule has 2 heterocycles. The molecule has 0 fully saturated rings. The third-order valence-electron chi connectivity index (χ3n) is 2.88. The lowest BCUT2D eigenvalue weighted by Gasteiger charge is -2.14. The fourth-order valence-corrected chi connectivity index (χ4v) is 1.92. The predicted octanol–water partition coefficient (Wildman–Crippen LogP) is 1.13. The van der Waals surface area contributed by atoms with Crippen molar-refractivity contribution in [1.82, 2.24) is 25.1 Å². The van der Waals surface area contributed by atoms with Crippen LogP contribution in [0.3, 0.4) is 0 Å². The zero-order valence-corrected chi connectivity index (χ0v) is 11.8. The Morgan fingerprint density at radius 2 is 2.30 bits per heavy atom. The van der Waals surface area contributed by atoms with Gasteiger partial charge in [-0.05, 0) is 26.0 Å². The molecule has 20 heavy (non-hydrogen) atoms. The van der Waals surface area contributed by atoms with E-state index in [0.29, 0.717) is 23.8 Å². The summed E-state index contributed by atoms with van der Waals surface area (Å²) < 4.78 is 1.78. The standard InChI is InChI=1S/C13H18N6O/c1-4-14-11-10(6-5-7-15-11)13(20)17-9(2)12-18-16-8-19(12)3/h5-9H,4H2,1-3H3,(H,14,15)(H,17,20). The van der Waals surface area contributed by atoms with Gasteiger partial charge in [0.05, 0.1) is 11.6 Å². The van der Waals surface area contributed by atoms with E-state index in [1.54, 1.807) is 29.2 Å².